The monoisotopic (exact) mass is 773 g/mol. The molecule has 0 aliphatic heterocycles. The summed E-state index contributed by atoms with van der Waals surface area (Å²) in [4.78, 5) is 22.7. The van der Waals surface area contributed by atoms with Crippen molar-refractivity contribution in [2.45, 2.75) is 200 Å². The lowest BCUT2D eigenvalue weighted by atomic mass is 10.0. The first-order valence-electron chi connectivity index (χ1n) is 22.1. The maximum Gasteiger partial charge on any atom is 0.472 e. The van der Waals surface area contributed by atoms with Crippen LogP contribution in [0.15, 0.2) is 24.3 Å². The second-order valence-corrected chi connectivity index (χ2v) is 17.5. The molecule has 0 aliphatic carbocycles. The molecule has 0 radical (unpaired) electrons. The number of phosphoric ester groups is 1. The van der Waals surface area contributed by atoms with Crippen LogP contribution in [0, 0.1) is 0 Å². The van der Waals surface area contributed by atoms with Crippen molar-refractivity contribution < 1.29 is 37.3 Å². The Kier molecular flexibility index (Phi) is 37.2. The summed E-state index contributed by atoms with van der Waals surface area (Å²) in [7, 11) is 1.67. The first-order valence-corrected chi connectivity index (χ1v) is 23.6. The van der Waals surface area contributed by atoms with E-state index in [1.54, 1.807) is 0 Å². The van der Waals surface area contributed by atoms with Gasteiger partial charge in [-0.2, -0.15) is 0 Å². The third-order valence-electron chi connectivity index (χ3n) is 9.52. The number of ether oxygens (including phenoxy) is 2. The first-order chi connectivity index (χ1) is 25.6. The number of likely N-dealkylation sites (N-methyl/N-ethyl adjacent to an activating group) is 1. The molecule has 1 N–H and O–H groups in total. The topological polar surface area (TPSA) is 91.3 Å². The van der Waals surface area contributed by atoms with Gasteiger partial charge in [-0.15, -0.1) is 0 Å². The van der Waals surface area contributed by atoms with E-state index >= 15 is 0 Å². The zero-order chi connectivity index (χ0) is 39.1. The first kappa shape index (κ1) is 52.0. The highest BCUT2D eigenvalue weighted by Gasteiger charge is 2.26. The third-order valence-corrected chi connectivity index (χ3v) is 10.5. The Balaban J connectivity index is 3.98. The van der Waals surface area contributed by atoms with Gasteiger partial charge in [-0.1, -0.05) is 167 Å². The number of carbonyl (C=O) groups is 1. The largest absolute Gasteiger partial charge is 0.472 e. The van der Waals surface area contributed by atoms with Gasteiger partial charge in [0.15, 0.2) is 0 Å². The van der Waals surface area contributed by atoms with Crippen molar-refractivity contribution in [2.24, 2.45) is 0 Å². The molecule has 2 unspecified atom stereocenters. The summed E-state index contributed by atoms with van der Waals surface area (Å²) in [5.74, 6) is -0.320. The van der Waals surface area contributed by atoms with Gasteiger partial charge in [0, 0.05) is 13.0 Å². The number of quaternary nitrogens is 1. The molecule has 8 nitrogen and oxygen atoms in total. The van der Waals surface area contributed by atoms with Crippen molar-refractivity contribution in [1.82, 2.24) is 0 Å². The molecular formula is C44H87NO7P+. The molecule has 0 fully saturated rings. The predicted octanol–water partition coefficient (Wildman–Crippen LogP) is 12.8. The van der Waals surface area contributed by atoms with Crippen LogP contribution in [0.25, 0.3) is 0 Å². The average Bonchev–Trinajstić information content (AvgIpc) is 3.11. The maximum absolute atomic E-state index is 12.5. The van der Waals surface area contributed by atoms with Gasteiger partial charge in [-0.05, 0) is 44.9 Å². The van der Waals surface area contributed by atoms with Gasteiger partial charge in [-0.25, -0.2) is 4.57 Å². The quantitative estimate of drug-likeness (QED) is 0.0217. The molecule has 0 aromatic heterocycles. The van der Waals surface area contributed by atoms with Crippen molar-refractivity contribution in [1.29, 1.82) is 0 Å². The number of esters is 1. The van der Waals surface area contributed by atoms with Crippen molar-refractivity contribution in [3.63, 3.8) is 0 Å². The Hall–Kier alpha value is -1.02. The lowest BCUT2D eigenvalue weighted by Crippen LogP contribution is -2.37. The fraction of sp³-hybridized carbons (Fsp3) is 0.886. The van der Waals surface area contributed by atoms with Crippen molar-refractivity contribution in [2.75, 3.05) is 54.1 Å². The van der Waals surface area contributed by atoms with E-state index in [4.69, 9.17) is 18.5 Å². The Labute approximate surface area is 328 Å². The van der Waals surface area contributed by atoms with Crippen LogP contribution in [-0.2, 0) is 27.9 Å². The highest BCUT2D eigenvalue weighted by molar-refractivity contribution is 7.47. The zero-order valence-corrected chi connectivity index (χ0v) is 36.4. The third kappa shape index (κ3) is 42.0. The molecule has 0 rings (SSSR count). The van der Waals surface area contributed by atoms with Crippen LogP contribution in [0.5, 0.6) is 0 Å². The number of rotatable bonds is 41. The summed E-state index contributed by atoms with van der Waals surface area (Å²) in [6.07, 6.45) is 42.4. The zero-order valence-electron chi connectivity index (χ0n) is 35.5. The normalized spacial score (nSPS) is 14.0. The SMILES string of the molecule is CCCCCCC/C=C\C/C=C\CCCCCCCCCCCCCCOCC(COP(=O)(O)OCC[N+](C)(C)C)OC(=O)CCCCCCCCC. The minimum absolute atomic E-state index is 0.0901. The van der Waals surface area contributed by atoms with Gasteiger partial charge in [0.05, 0.1) is 34.4 Å². The van der Waals surface area contributed by atoms with Gasteiger partial charge in [0.1, 0.15) is 19.3 Å². The molecule has 53 heavy (non-hydrogen) atoms. The van der Waals surface area contributed by atoms with Crippen LogP contribution < -0.4 is 0 Å². The van der Waals surface area contributed by atoms with E-state index in [9.17, 15) is 14.3 Å². The second kappa shape index (κ2) is 37.9. The van der Waals surface area contributed by atoms with E-state index in [1.807, 2.05) is 21.1 Å². The summed E-state index contributed by atoms with van der Waals surface area (Å²) in [5.41, 5.74) is 0. The van der Waals surface area contributed by atoms with Crippen LogP contribution in [-0.4, -0.2) is 75.6 Å². The summed E-state index contributed by atoms with van der Waals surface area (Å²) in [6, 6.07) is 0. The highest BCUT2D eigenvalue weighted by atomic mass is 31.2. The van der Waals surface area contributed by atoms with Crippen LogP contribution >= 0.6 is 7.82 Å². The summed E-state index contributed by atoms with van der Waals surface area (Å²) in [5, 5.41) is 0. The lowest BCUT2D eigenvalue weighted by molar-refractivity contribution is -0.870. The maximum atomic E-state index is 12.5. The Morgan fingerprint density at radius 2 is 1.04 bits per heavy atom. The van der Waals surface area contributed by atoms with Gasteiger partial charge in [0.2, 0.25) is 0 Å². The van der Waals surface area contributed by atoms with Crippen LogP contribution in [0.3, 0.4) is 0 Å². The smallest absolute Gasteiger partial charge is 0.457 e. The average molecular weight is 773 g/mol. The molecule has 0 amide bonds. The van der Waals surface area contributed by atoms with E-state index in [-0.39, 0.29) is 25.8 Å². The van der Waals surface area contributed by atoms with Crippen LogP contribution in [0.1, 0.15) is 194 Å². The minimum atomic E-state index is -4.26. The molecular weight excluding hydrogens is 685 g/mol. The lowest BCUT2D eigenvalue weighted by Gasteiger charge is -2.24. The van der Waals surface area contributed by atoms with E-state index in [2.05, 4.69) is 38.2 Å². The molecule has 9 heteroatoms. The minimum Gasteiger partial charge on any atom is -0.457 e. The molecule has 0 aromatic rings. The van der Waals surface area contributed by atoms with Gasteiger partial charge >= 0.3 is 13.8 Å². The molecule has 0 aliphatic rings. The number of carbonyl (C=O) groups excluding carboxylic acids is 1. The molecule has 0 spiro atoms. The summed E-state index contributed by atoms with van der Waals surface area (Å²) >= 11 is 0. The van der Waals surface area contributed by atoms with Crippen molar-refractivity contribution in [3.8, 4) is 0 Å². The molecule has 0 bridgehead atoms. The number of unbranched alkanes of at least 4 members (excludes halogenated alkanes) is 23. The summed E-state index contributed by atoms with van der Waals surface area (Å²) in [6.45, 7) is 5.58. The molecule has 0 saturated carbocycles. The second-order valence-electron chi connectivity index (χ2n) is 16.1. The Morgan fingerprint density at radius 3 is 1.53 bits per heavy atom. The van der Waals surface area contributed by atoms with E-state index in [1.165, 1.54) is 135 Å². The fourth-order valence-electron chi connectivity index (χ4n) is 6.05. The number of nitrogens with zero attached hydrogens (tertiary/aromatic N) is 1. The van der Waals surface area contributed by atoms with Crippen LogP contribution in [0.2, 0.25) is 0 Å². The number of hydrogen-bond donors (Lipinski definition) is 1. The van der Waals surface area contributed by atoms with Crippen molar-refractivity contribution >= 4 is 13.8 Å². The molecule has 2 atom stereocenters. The Bertz CT molecular complexity index is 905. The standard InChI is InChI=1S/C44H86NO7P/c1-6-8-10-12-14-15-16-17-18-19-20-21-22-23-24-25-26-27-28-29-30-32-34-36-39-49-41-43(42-51-53(47,48)50-40-38-45(3,4)5)52-44(46)37-35-33-31-13-11-9-7-2/h16-17,19-20,43H,6-15,18,21-42H2,1-5H3/p+1/b17-16-,20-19-. The van der Waals surface area contributed by atoms with E-state index in [0.29, 0.717) is 24.1 Å². The number of allylic oxidation sites excluding steroid dienone is 4. The highest BCUT2D eigenvalue weighted by Crippen LogP contribution is 2.43. The van der Waals surface area contributed by atoms with E-state index in [0.717, 1.165) is 38.5 Å². The summed E-state index contributed by atoms with van der Waals surface area (Å²) < 4.78 is 34.8. The van der Waals surface area contributed by atoms with E-state index < -0.39 is 13.9 Å². The molecule has 314 valence electrons. The number of hydrogen-bond acceptors (Lipinski definition) is 6. The van der Waals surface area contributed by atoms with Crippen LogP contribution in [0.4, 0.5) is 0 Å². The molecule has 0 saturated heterocycles. The fourth-order valence-corrected chi connectivity index (χ4v) is 6.79. The van der Waals surface area contributed by atoms with Gasteiger partial charge in [-0.3, -0.25) is 13.8 Å². The van der Waals surface area contributed by atoms with Gasteiger partial charge in [0.25, 0.3) is 0 Å². The van der Waals surface area contributed by atoms with Gasteiger partial charge < -0.3 is 18.9 Å². The molecule has 0 heterocycles. The molecule has 0 aromatic carbocycles. The number of phosphoric acid groups is 1. The Morgan fingerprint density at radius 1 is 0.585 bits per heavy atom. The van der Waals surface area contributed by atoms with Crippen molar-refractivity contribution in [3.05, 3.63) is 24.3 Å². The predicted molar refractivity (Wildman–Crippen MR) is 224 cm³/mol.